The third-order valence-electron chi connectivity index (χ3n) is 4.87. The average Bonchev–Trinajstić information content (AvgIpc) is 3.48. The summed E-state index contributed by atoms with van der Waals surface area (Å²) in [6.07, 6.45) is 0.150. The number of aromatic nitrogens is 1. The monoisotopic (exact) mass is 500 g/mol. The number of aliphatic carboxylic acids is 1. The van der Waals surface area contributed by atoms with Crippen LogP contribution in [0, 0.1) is 5.82 Å². The molecule has 2 atom stereocenters. The van der Waals surface area contributed by atoms with Gasteiger partial charge in [-0.2, -0.15) is 0 Å². The van der Waals surface area contributed by atoms with Crippen LogP contribution < -0.4 is 14.8 Å². The number of benzene rings is 2. The second-order valence-electron chi connectivity index (χ2n) is 7.43. The minimum Gasteiger partial charge on any atom is -0.479 e. The molecule has 1 aliphatic rings. The molecule has 1 aliphatic heterocycles. The van der Waals surface area contributed by atoms with Crippen molar-refractivity contribution in [2.45, 2.75) is 32.3 Å². The minimum atomic E-state index is -1.17. The molecular formula is C24H21FN2O7S. The number of rotatable bonds is 10. The molecule has 2 N–H and O–H groups in total. The second kappa shape index (κ2) is 10.9. The molecule has 0 saturated heterocycles. The maximum Gasteiger partial charge on any atom is 0.344 e. The van der Waals surface area contributed by atoms with Gasteiger partial charge in [-0.1, -0.05) is 36.4 Å². The number of halogens is 1. The maximum atomic E-state index is 14.4. The number of hydrogen-bond donors (Lipinski definition) is 2. The number of nitrogens with zero attached hydrogens (tertiary/aromatic N) is 1. The molecule has 0 fully saturated rings. The standard InChI is InChI=1S/C24H21FN2O7S/c1-14(24(29)30)32-17-8-7-16(18(25)10-17)11-26-22(28)21-23(27-13-35-21)34-20-12-31-19(33-20)9-15-5-3-2-4-6-15/h2-8,10,12-14,19H,9,11H2,1H3,(H,26,28)(H,29,30). The average molecular weight is 501 g/mol. The van der Waals surface area contributed by atoms with Gasteiger partial charge in [-0.3, -0.25) is 4.79 Å². The number of ether oxygens (including phenoxy) is 4. The van der Waals surface area contributed by atoms with Gasteiger partial charge in [-0.05, 0) is 18.6 Å². The molecule has 0 aliphatic carbocycles. The van der Waals surface area contributed by atoms with Crippen molar-refractivity contribution in [2.24, 2.45) is 0 Å². The fourth-order valence-corrected chi connectivity index (χ4v) is 3.70. The Labute approximate surface area is 203 Å². The van der Waals surface area contributed by atoms with Crippen molar-refractivity contribution in [3.8, 4) is 11.6 Å². The van der Waals surface area contributed by atoms with Gasteiger partial charge < -0.3 is 29.4 Å². The Morgan fingerprint density at radius 1 is 1.26 bits per heavy atom. The number of amides is 1. The van der Waals surface area contributed by atoms with Gasteiger partial charge in [0.15, 0.2) is 17.2 Å². The first-order chi connectivity index (χ1) is 16.9. The summed E-state index contributed by atoms with van der Waals surface area (Å²) in [5.74, 6) is -2.14. The Balaban J connectivity index is 1.31. The van der Waals surface area contributed by atoms with E-state index in [0.29, 0.717) is 6.42 Å². The molecule has 2 unspecified atom stereocenters. The lowest BCUT2D eigenvalue weighted by Crippen LogP contribution is -2.24. The minimum absolute atomic E-state index is 0.0367. The first-order valence-electron chi connectivity index (χ1n) is 10.5. The van der Waals surface area contributed by atoms with Crippen LogP contribution in [-0.2, 0) is 27.2 Å². The molecule has 0 spiro atoms. The SMILES string of the molecule is CC(Oc1ccc(CNC(=O)c2scnc2OC2=COC(Cc3ccccc3)O2)c(F)c1)C(=O)O. The van der Waals surface area contributed by atoms with Crippen LogP contribution in [0.5, 0.6) is 11.6 Å². The van der Waals surface area contributed by atoms with Gasteiger partial charge in [0.05, 0.1) is 5.51 Å². The van der Waals surface area contributed by atoms with E-state index in [2.05, 4.69) is 10.3 Å². The summed E-state index contributed by atoms with van der Waals surface area (Å²) in [4.78, 5) is 27.8. The van der Waals surface area contributed by atoms with Gasteiger partial charge in [0.25, 0.3) is 5.91 Å². The number of carboxylic acid groups (broad SMARTS) is 1. The first-order valence-corrected chi connectivity index (χ1v) is 11.4. The van der Waals surface area contributed by atoms with E-state index >= 15 is 0 Å². The lowest BCUT2D eigenvalue weighted by molar-refractivity contribution is -0.144. The molecule has 1 aromatic heterocycles. The van der Waals surface area contributed by atoms with Gasteiger partial charge >= 0.3 is 11.9 Å². The van der Waals surface area contributed by atoms with E-state index in [1.165, 1.54) is 30.8 Å². The zero-order valence-corrected chi connectivity index (χ0v) is 19.3. The first kappa shape index (κ1) is 24.0. The zero-order valence-electron chi connectivity index (χ0n) is 18.5. The van der Waals surface area contributed by atoms with Gasteiger partial charge in [-0.15, -0.1) is 11.3 Å². The Kier molecular flexibility index (Phi) is 7.46. The molecule has 2 aromatic carbocycles. The quantitative estimate of drug-likeness (QED) is 0.431. The molecule has 3 aromatic rings. The van der Waals surface area contributed by atoms with Crippen LogP contribution in [0.4, 0.5) is 4.39 Å². The molecule has 0 bridgehead atoms. The summed E-state index contributed by atoms with van der Waals surface area (Å²) in [6, 6.07) is 13.6. The van der Waals surface area contributed by atoms with Crippen molar-refractivity contribution in [3.05, 3.63) is 88.1 Å². The number of nitrogens with one attached hydrogen (secondary N) is 1. The molecule has 9 nitrogen and oxygen atoms in total. The molecular weight excluding hydrogens is 479 g/mol. The summed E-state index contributed by atoms with van der Waals surface area (Å²) in [6.45, 7) is 1.23. The number of hydrogen-bond acceptors (Lipinski definition) is 8. The lowest BCUT2D eigenvalue weighted by Gasteiger charge is -2.12. The van der Waals surface area contributed by atoms with E-state index in [1.807, 2.05) is 30.3 Å². The Morgan fingerprint density at radius 2 is 2.06 bits per heavy atom. The third-order valence-corrected chi connectivity index (χ3v) is 5.68. The number of thiazole rings is 1. The molecule has 4 rings (SSSR count). The normalized spacial score (nSPS) is 15.4. The summed E-state index contributed by atoms with van der Waals surface area (Å²) in [5.41, 5.74) is 2.67. The Morgan fingerprint density at radius 3 is 2.80 bits per heavy atom. The lowest BCUT2D eigenvalue weighted by atomic mass is 10.1. The van der Waals surface area contributed by atoms with E-state index in [9.17, 15) is 14.0 Å². The number of carbonyl (C=O) groups is 2. The molecule has 11 heteroatoms. The fraction of sp³-hybridized carbons (Fsp3) is 0.208. The largest absolute Gasteiger partial charge is 0.479 e. The highest BCUT2D eigenvalue weighted by molar-refractivity contribution is 7.12. The van der Waals surface area contributed by atoms with E-state index in [0.717, 1.165) is 23.0 Å². The van der Waals surface area contributed by atoms with Crippen molar-refractivity contribution in [3.63, 3.8) is 0 Å². The van der Waals surface area contributed by atoms with Gasteiger partial charge in [0, 0.05) is 24.6 Å². The fourth-order valence-electron chi connectivity index (χ4n) is 3.07. The summed E-state index contributed by atoms with van der Waals surface area (Å²) in [7, 11) is 0. The second-order valence-corrected chi connectivity index (χ2v) is 8.29. The number of carbonyl (C=O) groups excluding carboxylic acids is 1. The Bertz CT molecular complexity index is 1230. The van der Waals surface area contributed by atoms with Gasteiger partial charge in [0.2, 0.25) is 12.2 Å². The van der Waals surface area contributed by atoms with Crippen LogP contribution in [-0.4, -0.2) is 34.4 Å². The predicted octanol–water partition coefficient (Wildman–Crippen LogP) is 3.86. The summed E-state index contributed by atoms with van der Waals surface area (Å²) < 4.78 is 36.2. The maximum absolute atomic E-state index is 14.4. The van der Waals surface area contributed by atoms with Crippen molar-refractivity contribution in [2.75, 3.05) is 0 Å². The molecule has 182 valence electrons. The van der Waals surface area contributed by atoms with Gasteiger partial charge in [-0.25, -0.2) is 14.2 Å². The van der Waals surface area contributed by atoms with Crippen LogP contribution in [0.15, 0.2) is 66.2 Å². The van der Waals surface area contributed by atoms with E-state index in [1.54, 1.807) is 0 Å². The smallest absolute Gasteiger partial charge is 0.344 e. The van der Waals surface area contributed by atoms with Crippen molar-refractivity contribution in [1.82, 2.24) is 10.3 Å². The van der Waals surface area contributed by atoms with Crippen LogP contribution in [0.3, 0.4) is 0 Å². The van der Waals surface area contributed by atoms with Crippen molar-refractivity contribution in [1.29, 1.82) is 0 Å². The number of carboxylic acids is 1. The molecule has 1 amide bonds. The summed E-state index contributed by atoms with van der Waals surface area (Å²) >= 11 is 1.05. The van der Waals surface area contributed by atoms with E-state index < -0.39 is 30.1 Å². The van der Waals surface area contributed by atoms with Crippen LogP contribution in [0.25, 0.3) is 0 Å². The van der Waals surface area contributed by atoms with E-state index in [-0.39, 0.29) is 34.6 Å². The van der Waals surface area contributed by atoms with Crippen LogP contribution in [0.2, 0.25) is 0 Å². The van der Waals surface area contributed by atoms with Crippen LogP contribution >= 0.6 is 11.3 Å². The van der Waals surface area contributed by atoms with Crippen molar-refractivity contribution >= 4 is 23.2 Å². The van der Waals surface area contributed by atoms with Crippen molar-refractivity contribution < 1.29 is 38.0 Å². The molecule has 35 heavy (non-hydrogen) atoms. The third kappa shape index (κ3) is 6.27. The predicted molar refractivity (Wildman–Crippen MR) is 122 cm³/mol. The Hall–Kier alpha value is -4.12. The zero-order chi connectivity index (χ0) is 24.8. The van der Waals surface area contributed by atoms with Crippen LogP contribution in [0.1, 0.15) is 27.7 Å². The summed E-state index contributed by atoms with van der Waals surface area (Å²) in [5, 5.41) is 11.5. The highest BCUT2D eigenvalue weighted by Gasteiger charge is 2.25. The highest BCUT2D eigenvalue weighted by atomic mass is 32.1. The highest BCUT2D eigenvalue weighted by Crippen LogP contribution is 2.27. The molecule has 2 heterocycles. The van der Waals surface area contributed by atoms with Gasteiger partial charge in [0.1, 0.15) is 11.6 Å². The molecule has 0 radical (unpaired) electrons. The topological polar surface area (TPSA) is 116 Å². The molecule has 0 saturated carbocycles. The van der Waals surface area contributed by atoms with E-state index in [4.69, 9.17) is 24.1 Å².